The highest BCUT2D eigenvalue weighted by Crippen LogP contribution is 2.18. The third kappa shape index (κ3) is 5.19. The Kier molecular flexibility index (Phi) is 5.60. The SMILES string of the molecule is Cc1cc(C)n(-c2ccc(CN(CCO)CC(C)(C)C)cc2)n1. The van der Waals surface area contributed by atoms with Crippen LogP contribution in [0.2, 0.25) is 0 Å². The molecule has 0 fully saturated rings. The van der Waals surface area contributed by atoms with E-state index in [1.165, 1.54) is 5.56 Å². The molecule has 1 heterocycles. The third-order valence-corrected chi connectivity index (χ3v) is 3.71. The predicted molar refractivity (Wildman–Crippen MR) is 94.9 cm³/mol. The molecule has 4 nitrogen and oxygen atoms in total. The standard InChI is InChI=1S/C19H29N3O/c1-15-12-16(2)22(20-15)18-8-6-17(7-9-18)13-21(10-11-23)14-19(3,4)5/h6-9,12,23H,10-11,13-14H2,1-5H3. The second-order valence-corrected chi connectivity index (χ2v) is 7.50. The number of aryl methyl sites for hydroxylation is 2. The van der Waals surface area contributed by atoms with E-state index in [0.29, 0.717) is 6.54 Å². The largest absolute Gasteiger partial charge is 0.395 e. The molecule has 1 N–H and O–H groups in total. The third-order valence-electron chi connectivity index (χ3n) is 3.71. The lowest BCUT2D eigenvalue weighted by atomic mass is 9.96. The molecule has 4 heteroatoms. The minimum atomic E-state index is 0.194. The highest BCUT2D eigenvalue weighted by Gasteiger charge is 2.16. The topological polar surface area (TPSA) is 41.3 Å². The average molecular weight is 315 g/mol. The Morgan fingerprint density at radius 2 is 1.78 bits per heavy atom. The first-order chi connectivity index (χ1) is 10.8. The minimum Gasteiger partial charge on any atom is -0.395 e. The van der Waals surface area contributed by atoms with E-state index < -0.39 is 0 Å². The Morgan fingerprint density at radius 3 is 2.26 bits per heavy atom. The summed E-state index contributed by atoms with van der Waals surface area (Å²) in [6.45, 7) is 13.5. The van der Waals surface area contributed by atoms with Crippen molar-refractivity contribution >= 4 is 0 Å². The molecule has 126 valence electrons. The van der Waals surface area contributed by atoms with Gasteiger partial charge in [0.1, 0.15) is 0 Å². The Hall–Kier alpha value is -1.65. The maximum Gasteiger partial charge on any atom is 0.0648 e. The molecule has 1 aromatic heterocycles. The summed E-state index contributed by atoms with van der Waals surface area (Å²) in [7, 11) is 0. The molecule has 0 spiro atoms. The van der Waals surface area contributed by atoms with Crippen molar-refractivity contribution in [2.24, 2.45) is 5.41 Å². The first kappa shape index (κ1) is 17.7. The Balaban J connectivity index is 2.10. The van der Waals surface area contributed by atoms with Gasteiger partial charge in [0.05, 0.1) is 18.0 Å². The van der Waals surface area contributed by atoms with Crippen molar-refractivity contribution in [2.45, 2.75) is 41.2 Å². The van der Waals surface area contributed by atoms with Gasteiger partial charge in [0, 0.05) is 25.3 Å². The van der Waals surface area contributed by atoms with E-state index >= 15 is 0 Å². The number of nitrogens with zero attached hydrogens (tertiary/aromatic N) is 3. The highest BCUT2D eigenvalue weighted by molar-refractivity contribution is 5.36. The van der Waals surface area contributed by atoms with Crippen molar-refractivity contribution in [3.8, 4) is 5.69 Å². The lowest BCUT2D eigenvalue weighted by Crippen LogP contribution is -2.34. The van der Waals surface area contributed by atoms with Gasteiger partial charge >= 0.3 is 0 Å². The van der Waals surface area contributed by atoms with Crippen molar-refractivity contribution in [3.05, 3.63) is 47.3 Å². The molecule has 0 aliphatic rings. The van der Waals surface area contributed by atoms with Gasteiger partial charge < -0.3 is 5.11 Å². The van der Waals surface area contributed by atoms with Crippen LogP contribution in [-0.4, -0.2) is 39.5 Å². The van der Waals surface area contributed by atoms with Crippen LogP contribution < -0.4 is 0 Å². The number of hydrogen-bond acceptors (Lipinski definition) is 3. The summed E-state index contributed by atoms with van der Waals surface area (Å²) >= 11 is 0. The molecule has 0 saturated heterocycles. The Labute approximate surface area is 139 Å². The van der Waals surface area contributed by atoms with Crippen molar-refractivity contribution < 1.29 is 5.11 Å². The number of hydrogen-bond donors (Lipinski definition) is 1. The quantitative estimate of drug-likeness (QED) is 0.889. The lowest BCUT2D eigenvalue weighted by Gasteiger charge is -2.29. The van der Waals surface area contributed by atoms with Gasteiger partial charge in [-0.25, -0.2) is 4.68 Å². The van der Waals surface area contributed by atoms with Crippen molar-refractivity contribution in [1.29, 1.82) is 0 Å². The van der Waals surface area contributed by atoms with Crippen LogP contribution in [-0.2, 0) is 6.54 Å². The monoisotopic (exact) mass is 315 g/mol. The molecule has 0 aliphatic heterocycles. The summed E-state index contributed by atoms with van der Waals surface area (Å²) in [5.74, 6) is 0. The number of benzene rings is 1. The summed E-state index contributed by atoms with van der Waals surface area (Å²) in [6.07, 6.45) is 0. The maximum absolute atomic E-state index is 9.28. The predicted octanol–water partition coefficient (Wildman–Crippen LogP) is 3.33. The van der Waals surface area contributed by atoms with Gasteiger partial charge in [-0.05, 0) is 43.0 Å². The van der Waals surface area contributed by atoms with Crippen LogP contribution in [0.4, 0.5) is 0 Å². The second kappa shape index (κ2) is 7.28. The molecule has 2 rings (SSSR count). The van der Waals surface area contributed by atoms with E-state index in [1.807, 2.05) is 11.6 Å². The smallest absolute Gasteiger partial charge is 0.0648 e. The van der Waals surface area contributed by atoms with Gasteiger partial charge in [0.25, 0.3) is 0 Å². The molecule has 0 amide bonds. The van der Waals surface area contributed by atoms with E-state index in [2.05, 4.69) is 68.0 Å². The molecule has 0 radical (unpaired) electrons. The van der Waals surface area contributed by atoms with Crippen LogP contribution in [0.3, 0.4) is 0 Å². The Morgan fingerprint density at radius 1 is 1.13 bits per heavy atom. The highest BCUT2D eigenvalue weighted by atomic mass is 16.3. The van der Waals surface area contributed by atoms with E-state index in [-0.39, 0.29) is 12.0 Å². The molecule has 23 heavy (non-hydrogen) atoms. The zero-order valence-corrected chi connectivity index (χ0v) is 15.0. The van der Waals surface area contributed by atoms with Gasteiger partial charge in [-0.1, -0.05) is 32.9 Å². The van der Waals surface area contributed by atoms with E-state index in [1.54, 1.807) is 0 Å². The Bertz CT molecular complexity index is 623. The van der Waals surface area contributed by atoms with Gasteiger partial charge in [0.15, 0.2) is 0 Å². The summed E-state index contributed by atoms with van der Waals surface area (Å²) in [5, 5.41) is 13.8. The minimum absolute atomic E-state index is 0.194. The van der Waals surface area contributed by atoms with Crippen LogP contribution >= 0.6 is 0 Å². The molecular weight excluding hydrogens is 286 g/mol. The number of rotatable bonds is 6. The summed E-state index contributed by atoms with van der Waals surface area (Å²) in [6, 6.07) is 10.6. The molecule has 0 unspecified atom stereocenters. The normalized spacial score (nSPS) is 12.1. The fraction of sp³-hybridized carbons (Fsp3) is 0.526. The molecule has 0 saturated carbocycles. The number of aromatic nitrogens is 2. The fourth-order valence-corrected chi connectivity index (χ4v) is 2.92. The van der Waals surface area contributed by atoms with Gasteiger partial charge in [-0.15, -0.1) is 0 Å². The lowest BCUT2D eigenvalue weighted by molar-refractivity contribution is 0.146. The summed E-state index contributed by atoms with van der Waals surface area (Å²) in [5.41, 5.74) is 4.74. The van der Waals surface area contributed by atoms with Gasteiger partial charge in [0.2, 0.25) is 0 Å². The zero-order chi connectivity index (χ0) is 17.0. The molecule has 1 aromatic carbocycles. The van der Waals surface area contributed by atoms with Crippen LogP contribution in [0.25, 0.3) is 5.69 Å². The van der Waals surface area contributed by atoms with E-state index in [4.69, 9.17) is 0 Å². The molecule has 0 atom stereocenters. The molecule has 0 aliphatic carbocycles. The fourth-order valence-electron chi connectivity index (χ4n) is 2.92. The van der Waals surface area contributed by atoms with Gasteiger partial charge in [-0.3, -0.25) is 4.90 Å². The van der Waals surface area contributed by atoms with Crippen molar-refractivity contribution in [2.75, 3.05) is 19.7 Å². The van der Waals surface area contributed by atoms with Crippen molar-refractivity contribution in [3.63, 3.8) is 0 Å². The molecule has 2 aromatic rings. The summed E-state index contributed by atoms with van der Waals surface area (Å²) < 4.78 is 1.97. The molecule has 0 bridgehead atoms. The van der Waals surface area contributed by atoms with E-state index in [0.717, 1.165) is 30.2 Å². The number of aliphatic hydroxyl groups is 1. The zero-order valence-electron chi connectivity index (χ0n) is 15.0. The second-order valence-electron chi connectivity index (χ2n) is 7.50. The average Bonchev–Trinajstić information content (AvgIpc) is 2.77. The first-order valence-corrected chi connectivity index (χ1v) is 8.24. The first-order valence-electron chi connectivity index (χ1n) is 8.24. The van der Waals surface area contributed by atoms with Crippen molar-refractivity contribution in [1.82, 2.24) is 14.7 Å². The van der Waals surface area contributed by atoms with E-state index in [9.17, 15) is 5.11 Å². The van der Waals surface area contributed by atoms with Crippen LogP contribution in [0.1, 0.15) is 37.7 Å². The number of aliphatic hydroxyl groups excluding tert-OH is 1. The van der Waals surface area contributed by atoms with Gasteiger partial charge in [-0.2, -0.15) is 5.10 Å². The maximum atomic E-state index is 9.28. The van der Waals surface area contributed by atoms with Crippen LogP contribution in [0, 0.1) is 19.3 Å². The van der Waals surface area contributed by atoms with Crippen LogP contribution in [0.15, 0.2) is 30.3 Å². The van der Waals surface area contributed by atoms with Crippen LogP contribution in [0.5, 0.6) is 0 Å². The summed E-state index contributed by atoms with van der Waals surface area (Å²) in [4.78, 5) is 2.30. The molecular formula is C19H29N3O.